The van der Waals surface area contributed by atoms with Crippen LogP contribution >= 0.6 is 0 Å². The van der Waals surface area contributed by atoms with Crippen LogP contribution in [0.1, 0.15) is 34.5 Å². The van der Waals surface area contributed by atoms with E-state index in [1.54, 1.807) is 24.3 Å². The predicted molar refractivity (Wildman–Crippen MR) is 103 cm³/mol. The van der Waals surface area contributed by atoms with Crippen molar-refractivity contribution in [1.29, 1.82) is 0 Å². The van der Waals surface area contributed by atoms with Crippen LogP contribution in [0.2, 0.25) is 0 Å². The Kier molecular flexibility index (Phi) is 6.33. The Morgan fingerprint density at radius 1 is 1.16 bits per heavy atom. The van der Waals surface area contributed by atoms with Crippen molar-refractivity contribution in [1.82, 2.24) is 25.5 Å². The fourth-order valence-electron chi connectivity index (χ4n) is 2.66. The van der Waals surface area contributed by atoms with Gasteiger partial charge in [0.1, 0.15) is 6.04 Å². The third-order valence-corrected chi connectivity index (χ3v) is 4.44. The maximum absolute atomic E-state index is 12.9. The van der Waals surface area contributed by atoms with Gasteiger partial charge in [0.05, 0.1) is 18.2 Å². The number of rotatable bonds is 6. The van der Waals surface area contributed by atoms with Crippen LogP contribution in [0, 0.1) is 0 Å². The second-order valence-electron chi connectivity index (χ2n) is 6.59. The van der Waals surface area contributed by atoms with E-state index in [1.165, 1.54) is 26.2 Å². The second kappa shape index (κ2) is 8.94. The highest BCUT2D eigenvalue weighted by Gasteiger charge is 2.31. The number of nitrogens with one attached hydrogen (secondary N) is 1. The molecule has 0 radical (unpaired) electrons. The molecule has 0 aliphatic carbocycles. The second-order valence-corrected chi connectivity index (χ2v) is 6.59. The summed E-state index contributed by atoms with van der Waals surface area (Å²) in [6.45, 7) is 1.73. The van der Waals surface area contributed by atoms with E-state index < -0.39 is 29.7 Å². The number of esters is 1. The van der Waals surface area contributed by atoms with E-state index >= 15 is 0 Å². The molecule has 1 N–H and O–H groups in total. The molecule has 31 heavy (non-hydrogen) atoms. The van der Waals surface area contributed by atoms with Gasteiger partial charge < -0.3 is 10.1 Å². The number of hydrogen-bond acceptors (Lipinski definition) is 6. The largest absolute Gasteiger partial charge is 0.465 e. The van der Waals surface area contributed by atoms with E-state index in [0.29, 0.717) is 5.56 Å². The normalized spacial score (nSPS) is 12.3. The van der Waals surface area contributed by atoms with Crippen LogP contribution in [0.3, 0.4) is 0 Å². The van der Waals surface area contributed by atoms with Crippen molar-refractivity contribution in [2.45, 2.75) is 25.7 Å². The summed E-state index contributed by atoms with van der Waals surface area (Å²) in [5, 5.41) is 14.3. The first-order chi connectivity index (χ1) is 14.7. The van der Waals surface area contributed by atoms with E-state index in [2.05, 4.69) is 25.5 Å². The van der Waals surface area contributed by atoms with E-state index in [4.69, 9.17) is 0 Å². The highest BCUT2D eigenvalue weighted by molar-refractivity contribution is 5.89. The van der Waals surface area contributed by atoms with Crippen molar-refractivity contribution in [3.05, 3.63) is 65.2 Å². The number of aromatic nitrogens is 4. The number of halogens is 3. The molecule has 3 rings (SSSR count). The van der Waals surface area contributed by atoms with E-state index in [-0.39, 0.29) is 17.9 Å². The molecule has 11 heteroatoms. The Morgan fingerprint density at radius 2 is 1.87 bits per heavy atom. The lowest BCUT2D eigenvalue weighted by molar-refractivity contribution is -0.137. The number of hydrogen-bond donors (Lipinski definition) is 1. The lowest BCUT2D eigenvalue weighted by atomic mass is 10.1. The molecule has 0 spiro atoms. The molecule has 1 heterocycles. The van der Waals surface area contributed by atoms with Crippen LogP contribution < -0.4 is 5.32 Å². The predicted octanol–water partition coefficient (Wildman–Crippen LogP) is 3.02. The molecule has 0 fully saturated rings. The number of carbonyl (C=O) groups is 2. The highest BCUT2D eigenvalue weighted by Crippen LogP contribution is 2.31. The standard InChI is InChI=1S/C20H18F3N5O3/c1-12(18(29)24-11-13-6-8-14(9-7-13)19(30)31-2)28-26-17(25-27-28)15-4-3-5-16(10-15)20(21,22)23/h3-10,12H,11H2,1-2H3,(H,24,29). The van der Waals surface area contributed by atoms with Gasteiger partial charge in [-0.3, -0.25) is 4.79 Å². The summed E-state index contributed by atoms with van der Waals surface area (Å²) in [5.74, 6) is -0.896. The van der Waals surface area contributed by atoms with Crippen LogP contribution in [0.5, 0.6) is 0 Å². The maximum Gasteiger partial charge on any atom is 0.416 e. The summed E-state index contributed by atoms with van der Waals surface area (Å²) in [6, 6.07) is 10.2. The van der Waals surface area contributed by atoms with Gasteiger partial charge in [-0.05, 0) is 42.0 Å². The Bertz CT molecular complexity index is 1080. The Hall–Kier alpha value is -3.76. The minimum absolute atomic E-state index is 0.0239. The average Bonchev–Trinajstić information content (AvgIpc) is 3.26. The van der Waals surface area contributed by atoms with Gasteiger partial charge in [0.15, 0.2) is 0 Å². The van der Waals surface area contributed by atoms with Crippen LogP contribution in [-0.4, -0.2) is 39.2 Å². The summed E-state index contributed by atoms with van der Waals surface area (Å²) in [4.78, 5) is 24.9. The summed E-state index contributed by atoms with van der Waals surface area (Å²) < 4.78 is 43.3. The van der Waals surface area contributed by atoms with Gasteiger partial charge in [0.25, 0.3) is 0 Å². The smallest absolute Gasteiger partial charge is 0.416 e. The summed E-state index contributed by atoms with van der Waals surface area (Å²) in [7, 11) is 1.29. The van der Waals surface area contributed by atoms with Gasteiger partial charge in [-0.15, -0.1) is 10.2 Å². The van der Waals surface area contributed by atoms with Crippen molar-refractivity contribution >= 4 is 11.9 Å². The monoisotopic (exact) mass is 433 g/mol. The molecular formula is C20H18F3N5O3. The van der Waals surface area contributed by atoms with Gasteiger partial charge in [0, 0.05) is 12.1 Å². The summed E-state index contributed by atoms with van der Waals surface area (Å²) in [6.07, 6.45) is -4.49. The number of carbonyl (C=O) groups excluding carboxylic acids is 2. The van der Waals surface area contributed by atoms with E-state index in [0.717, 1.165) is 22.5 Å². The van der Waals surface area contributed by atoms with Crippen molar-refractivity contribution in [2.24, 2.45) is 0 Å². The first-order valence-electron chi connectivity index (χ1n) is 9.11. The third kappa shape index (κ3) is 5.24. The molecule has 2 aromatic carbocycles. The molecule has 1 aromatic heterocycles. The first-order valence-corrected chi connectivity index (χ1v) is 9.11. The van der Waals surface area contributed by atoms with Gasteiger partial charge in [0.2, 0.25) is 11.7 Å². The zero-order valence-corrected chi connectivity index (χ0v) is 16.6. The maximum atomic E-state index is 12.9. The van der Waals surface area contributed by atoms with Gasteiger partial charge in [-0.2, -0.15) is 18.0 Å². The number of tetrazole rings is 1. The number of methoxy groups -OCH3 is 1. The minimum atomic E-state index is -4.49. The lowest BCUT2D eigenvalue weighted by Crippen LogP contribution is -2.31. The number of ether oxygens (including phenoxy) is 1. The molecule has 162 valence electrons. The zero-order chi connectivity index (χ0) is 22.6. The SMILES string of the molecule is COC(=O)c1ccc(CNC(=O)C(C)n2nnc(-c3cccc(C(F)(F)F)c3)n2)cc1. The molecule has 0 saturated heterocycles. The molecule has 1 atom stereocenters. The third-order valence-electron chi connectivity index (χ3n) is 4.44. The summed E-state index contributed by atoms with van der Waals surface area (Å²) >= 11 is 0. The van der Waals surface area contributed by atoms with Crippen LogP contribution in [0.15, 0.2) is 48.5 Å². The Morgan fingerprint density at radius 3 is 2.52 bits per heavy atom. The number of amides is 1. The van der Waals surface area contributed by atoms with E-state index in [9.17, 15) is 22.8 Å². The fraction of sp³-hybridized carbons (Fsp3) is 0.250. The first kappa shape index (κ1) is 21.9. The molecular weight excluding hydrogens is 415 g/mol. The average molecular weight is 433 g/mol. The Balaban J connectivity index is 1.64. The molecule has 8 nitrogen and oxygen atoms in total. The van der Waals surface area contributed by atoms with Crippen LogP contribution in [0.4, 0.5) is 13.2 Å². The number of nitrogens with zero attached hydrogens (tertiary/aromatic N) is 4. The van der Waals surface area contributed by atoms with Gasteiger partial charge in [-0.1, -0.05) is 24.3 Å². The van der Waals surface area contributed by atoms with Crippen molar-refractivity contribution in [3.8, 4) is 11.4 Å². The van der Waals surface area contributed by atoms with Crippen molar-refractivity contribution in [2.75, 3.05) is 7.11 Å². The quantitative estimate of drug-likeness (QED) is 0.600. The Labute approximate surface area is 175 Å². The topological polar surface area (TPSA) is 99.0 Å². The molecule has 0 aliphatic rings. The van der Waals surface area contributed by atoms with Crippen LogP contribution in [-0.2, 0) is 22.3 Å². The molecule has 3 aromatic rings. The molecule has 1 amide bonds. The number of alkyl halides is 3. The fourth-order valence-corrected chi connectivity index (χ4v) is 2.66. The minimum Gasteiger partial charge on any atom is -0.465 e. The highest BCUT2D eigenvalue weighted by atomic mass is 19.4. The van der Waals surface area contributed by atoms with Crippen molar-refractivity contribution in [3.63, 3.8) is 0 Å². The zero-order valence-electron chi connectivity index (χ0n) is 16.6. The lowest BCUT2D eigenvalue weighted by Gasteiger charge is -2.11. The molecule has 0 aliphatic heterocycles. The number of benzene rings is 2. The van der Waals surface area contributed by atoms with Gasteiger partial charge >= 0.3 is 12.1 Å². The van der Waals surface area contributed by atoms with Crippen LogP contribution in [0.25, 0.3) is 11.4 Å². The molecule has 0 bridgehead atoms. The van der Waals surface area contributed by atoms with Gasteiger partial charge in [-0.25, -0.2) is 4.79 Å². The van der Waals surface area contributed by atoms with Crippen molar-refractivity contribution < 1.29 is 27.5 Å². The van der Waals surface area contributed by atoms with E-state index in [1.807, 2.05) is 0 Å². The molecule has 1 unspecified atom stereocenters. The molecule has 0 saturated carbocycles. The summed E-state index contributed by atoms with van der Waals surface area (Å²) in [5.41, 5.74) is 0.453.